The number of likely N-dealkylation sites (tertiary alicyclic amines) is 1. The molecule has 1 unspecified atom stereocenters. The fraction of sp³-hybridized carbons (Fsp3) is 0.739. The van der Waals surface area contributed by atoms with Gasteiger partial charge >= 0.3 is 0 Å². The summed E-state index contributed by atoms with van der Waals surface area (Å²) in [6, 6.07) is 6.77. The van der Waals surface area contributed by atoms with Crippen LogP contribution in [0.15, 0.2) is 18.2 Å². The summed E-state index contributed by atoms with van der Waals surface area (Å²) in [4.78, 5) is 2.66. The minimum Gasteiger partial charge on any atom is -0.494 e. The fourth-order valence-corrected chi connectivity index (χ4v) is 4.34. The Bertz CT molecular complexity index is 543. The SMILES string of the molecule is CCOCCCNCCCOc1ccc2c(c1)CCC(CN1CCCC1)C2. The molecule has 0 amide bonds. The molecule has 1 heterocycles. The van der Waals surface area contributed by atoms with Crippen LogP contribution in [-0.4, -0.2) is 57.4 Å². The van der Waals surface area contributed by atoms with Gasteiger partial charge in [-0.05, 0) is 107 Å². The van der Waals surface area contributed by atoms with E-state index in [1.165, 1.54) is 57.3 Å². The van der Waals surface area contributed by atoms with Gasteiger partial charge in [0.05, 0.1) is 6.61 Å². The second-order valence-electron chi connectivity index (χ2n) is 8.05. The summed E-state index contributed by atoms with van der Waals surface area (Å²) in [5, 5.41) is 3.45. The molecule has 0 spiro atoms. The lowest BCUT2D eigenvalue weighted by Crippen LogP contribution is -2.30. The van der Waals surface area contributed by atoms with E-state index >= 15 is 0 Å². The molecule has 4 nitrogen and oxygen atoms in total. The quantitative estimate of drug-likeness (QED) is 0.566. The molecule has 1 aliphatic carbocycles. The molecule has 0 saturated carbocycles. The number of hydrogen-bond donors (Lipinski definition) is 1. The van der Waals surface area contributed by atoms with Crippen molar-refractivity contribution in [2.45, 2.75) is 51.9 Å². The van der Waals surface area contributed by atoms with Crippen molar-refractivity contribution in [3.05, 3.63) is 29.3 Å². The van der Waals surface area contributed by atoms with Crippen molar-refractivity contribution >= 4 is 0 Å². The van der Waals surface area contributed by atoms with Crippen LogP contribution in [0.1, 0.15) is 50.2 Å². The molecular weight excluding hydrogens is 336 g/mol. The Hall–Kier alpha value is -1.10. The first kappa shape index (κ1) is 20.6. The second-order valence-corrected chi connectivity index (χ2v) is 8.05. The average molecular weight is 375 g/mol. The van der Waals surface area contributed by atoms with Crippen molar-refractivity contribution in [2.75, 3.05) is 52.5 Å². The molecule has 1 saturated heterocycles. The summed E-state index contributed by atoms with van der Waals surface area (Å²) in [6.07, 6.45) is 8.71. The molecule has 1 aromatic rings. The summed E-state index contributed by atoms with van der Waals surface area (Å²) >= 11 is 0. The molecule has 0 aromatic heterocycles. The summed E-state index contributed by atoms with van der Waals surface area (Å²) in [5.41, 5.74) is 3.06. The first-order valence-corrected chi connectivity index (χ1v) is 11.1. The predicted octanol–water partition coefficient (Wildman–Crippen LogP) is 3.67. The molecule has 4 heteroatoms. The normalized spacial score (nSPS) is 20.0. The van der Waals surface area contributed by atoms with Crippen LogP contribution in [0.3, 0.4) is 0 Å². The van der Waals surface area contributed by atoms with Crippen LogP contribution in [-0.2, 0) is 17.6 Å². The number of fused-ring (bicyclic) bond motifs is 1. The lowest BCUT2D eigenvalue weighted by Gasteiger charge is -2.28. The van der Waals surface area contributed by atoms with Crippen LogP contribution < -0.4 is 10.1 Å². The molecule has 152 valence electrons. The first-order chi connectivity index (χ1) is 13.3. The zero-order valence-electron chi connectivity index (χ0n) is 17.2. The van der Waals surface area contributed by atoms with Crippen molar-refractivity contribution in [1.29, 1.82) is 0 Å². The zero-order valence-corrected chi connectivity index (χ0v) is 17.2. The van der Waals surface area contributed by atoms with Gasteiger partial charge in [-0.2, -0.15) is 0 Å². The van der Waals surface area contributed by atoms with E-state index in [2.05, 4.69) is 28.4 Å². The maximum atomic E-state index is 5.98. The topological polar surface area (TPSA) is 33.7 Å². The van der Waals surface area contributed by atoms with E-state index in [4.69, 9.17) is 9.47 Å². The number of hydrogen-bond acceptors (Lipinski definition) is 4. The van der Waals surface area contributed by atoms with Crippen LogP contribution in [0.4, 0.5) is 0 Å². The standard InChI is InChI=1S/C23H38N2O2/c1-2-26-15-5-11-24-12-6-16-27-23-10-9-21-17-20(7-8-22(21)18-23)19-25-13-3-4-14-25/h9-10,18,20,24H,2-8,11-17,19H2,1H3. The van der Waals surface area contributed by atoms with Crippen molar-refractivity contribution in [1.82, 2.24) is 10.2 Å². The lowest BCUT2D eigenvalue weighted by molar-refractivity contribution is 0.144. The van der Waals surface area contributed by atoms with Gasteiger partial charge in [0.2, 0.25) is 0 Å². The average Bonchev–Trinajstić information content (AvgIpc) is 3.20. The Labute approximate surface area is 165 Å². The van der Waals surface area contributed by atoms with Gasteiger partial charge in [-0.15, -0.1) is 0 Å². The van der Waals surface area contributed by atoms with Gasteiger partial charge in [-0.25, -0.2) is 0 Å². The zero-order chi connectivity index (χ0) is 18.7. The third-order valence-corrected chi connectivity index (χ3v) is 5.84. The number of nitrogens with one attached hydrogen (secondary N) is 1. The summed E-state index contributed by atoms with van der Waals surface area (Å²) < 4.78 is 11.3. The number of nitrogens with zero attached hydrogens (tertiary/aromatic N) is 1. The predicted molar refractivity (Wildman–Crippen MR) is 112 cm³/mol. The van der Waals surface area contributed by atoms with Crippen molar-refractivity contribution in [2.24, 2.45) is 5.92 Å². The van der Waals surface area contributed by atoms with Crippen LogP contribution in [0.5, 0.6) is 5.75 Å². The summed E-state index contributed by atoms with van der Waals surface area (Å²) in [5.74, 6) is 1.89. The minimum absolute atomic E-state index is 0.787. The van der Waals surface area contributed by atoms with Crippen LogP contribution in [0.2, 0.25) is 0 Å². The Morgan fingerprint density at radius 3 is 2.70 bits per heavy atom. The van der Waals surface area contributed by atoms with Gasteiger partial charge in [0, 0.05) is 19.8 Å². The molecular formula is C23H38N2O2. The highest BCUT2D eigenvalue weighted by molar-refractivity contribution is 5.37. The molecule has 1 aromatic carbocycles. The molecule has 2 aliphatic rings. The lowest BCUT2D eigenvalue weighted by atomic mass is 9.83. The first-order valence-electron chi connectivity index (χ1n) is 11.1. The van der Waals surface area contributed by atoms with Gasteiger partial charge in [0.1, 0.15) is 5.75 Å². The summed E-state index contributed by atoms with van der Waals surface area (Å²) in [6.45, 7) is 10.5. The Morgan fingerprint density at radius 1 is 1.07 bits per heavy atom. The van der Waals surface area contributed by atoms with E-state index in [-0.39, 0.29) is 0 Å². The van der Waals surface area contributed by atoms with Gasteiger partial charge in [0.25, 0.3) is 0 Å². The number of aryl methyl sites for hydroxylation is 1. The third kappa shape index (κ3) is 7.10. The molecule has 1 fully saturated rings. The van der Waals surface area contributed by atoms with Gasteiger partial charge in [0.15, 0.2) is 0 Å². The largest absolute Gasteiger partial charge is 0.494 e. The monoisotopic (exact) mass is 374 g/mol. The Morgan fingerprint density at radius 2 is 1.89 bits per heavy atom. The van der Waals surface area contributed by atoms with E-state index in [0.717, 1.165) is 57.4 Å². The summed E-state index contributed by atoms with van der Waals surface area (Å²) in [7, 11) is 0. The van der Waals surface area contributed by atoms with Gasteiger partial charge in [-0.1, -0.05) is 6.07 Å². The molecule has 27 heavy (non-hydrogen) atoms. The minimum atomic E-state index is 0.787. The molecule has 3 rings (SSSR count). The van der Waals surface area contributed by atoms with Gasteiger partial charge in [-0.3, -0.25) is 0 Å². The van der Waals surface area contributed by atoms with E-state index in [1.54, 1.807) is 5.56 Å². The van der Waals surface area contributed by atoms with E-state index in [0.29, 0.717) is 0 Å². The van der Waals surface area contributed by atoms with E-state index in [1.807, 2.05) is 6.92 Å². The molecule has 0 bridgehead atoms. The maximum absolute atomic E-state index is 5.98. The number of rotatable bonds is 12. The smallest absolute Gasteiger partial charge is 0.119 e. The second kappa shape index (κ2) is 11.7. The molecule has 1 aliphatic heterocycles. The molecule has 1 atom stereocenters. The van der Waals surface area contributed by atoms with E-state index < -0.39 is 0 Å². The van der Waals surface area contributed by atoms with Crippen LogP contribution in [0.25, 0.3) is 0 Å². The van der Waals surface area contributed by atoms with Gasteiger partial charge < -0.3 is 19.7 Å². The van der Waals surface area contributed by atoms with E-state index in [9.17, 15) is 0 Å². The maximum Gasteiger partial charge on any atom is 0.119 e. The molecule has 0 radical (unpaired) electrons. The number of ether oxygens (including phenoxy) is 2. The molecule has 1 N–H and O–H groups in total. The van der Waals surface area contributed by atoms with Crippen molar-refractivity contribution in [3.8, 4) is 5.75 Å². The highest BCUT2D eigenvalue weighted by Gasteiger charge is 2.22. The van der Waals surface area contributed by atoms with Crippen molar-refractivity contribution in [3.63, 3.8) is 0 Å². The fourth-order valence-electron chi connectivity index (χ4n) is 4.34. The Kier molecular flexibility index (Phi) is 8.92. The Balaban J connectivity index is 1.31. The highest BCUT2D eigenvalue weighted by atomic mass is 16.5. The van der Waals surface area contributed by atoms with Crippen molar-refractivity contribution < 1.29 is 9.47 Å². The van der Waals surface area contributed by atoms with Crippen LogP contribution in [0, 0.1) is 5.92 Å². The van der Waals surface area contributed by atoms with Crippen LogP contribution >= 0.6 is 0 Å². The number of benzene rings is 1. The highest BCUT2D eigenvalue weighted by Crippen LogP contribution is 2.29. The third-order valence-electron chi connectivity index (χ3n) is 5.84.